The first-order valence-corrected chi connectivity index (χ1v) is 5.69. The van der Waals surface area contributed by atoms with Crippen molar-refractivity contribution in [1.29, 1.82) is 0 Å². The number of aromatic carboxylic acids is 1. The van der Waals surface area contributed by atoms with Crippen molar-refractivity contribution < 1.29 is 14.3 Å². The number of imidazole rings is 1. The van der Waals surface area contributed by atoms with Gasteiger partial charge in [-0.1, -0.05) is 0 Å². The molecule has 1 aromatic heterocycles. The number of aryl methyl sites for hydroxylation is 1. The summed E-state index contributed by atoms with van der Waals surface area (Å²) in [7, 11) is 3.60. The van der Waals surface area contributed by atoms with Crippen LogP contribution in [0.4, 0.5) is 10.1 Å². The van der Waals surface area contributed by atoms with Gasteiger partial charge in [-0.2, -0.15) is 0 Å². The second kappa shape index (κ2) is 5.09. The lowest BCUT2D eigenvalue weighted by Gasteiger charge is -2.20. The molecule has 0 bridgehead atoms. The van der Waals surface area contributed by atoms with Gasteiger partial charge in [-0.3, -0.25) is 0 Å². The summed E-state index contributed by atoms with van der Waals surface area (Å²) >= 11 is 0. The fourth-order valence-corrected chi connectivity index (χ4v) is 1.86. The van der Waals surface area contributed by atoms with Crippen molar-refractivity contribution in [2.45, 2.75) is 6.54 Å². The van der Waals surface area contributed by atoms with E-state index in [4.69, 9.17) is 5.11 Å². The first-order chi connectivity index (χ1) is 8.99. The third-order valence-corrected chi connectivity index (χ3v) is 2.90. The van der Waals surface area contributed by atoms with E-state index in [1.54, 1.807) is 18.1 Å². The summed E-state index contributed by atoms with van der Waals surface area (Å²) in [5.74, 6) is -0.920. The Kier molecular flexibility index (Phi) is 3.50. The Labute approximate surface area is 109 Å². The Morgan fingerprint density at radius 2 is 2.26 bits per heavy atom. The fourth-order valence-electron chi connectivity index (χ4n) is 1.86. The van der Waals surface area contributed by atoms with Crippen LogP contribution in [0.5, 0.6) is 0 Å². The first-order valence-electron chi connectivity index (χ1n) is 5.69. The minimum absolute atomic E-state index is 0.0586. The zero-order chi connectivity index (χ0) is 14.0. The average Bonchev–Trinajstić information content (AvgIpc) is 2.74. The highest BCUT2D eigenvalue weighted by Gasteiger charge is 2.15. The van der Waals surface area contributed by atoms with Crippen LogP contribution in [0.3, 0.4) is 0 Å². The van der Waals surface area contributed by atoms with Gasteiger partial charge in [0, 0.05) is 26.5 Å². The maximum absolute atomic E-state index is 13.1. The van der Waals surface area contributed by atoms with E-state index in [1.165, 1.54) is 12.1 Å². The molecule has 1 aromatic carbocycles. The molecular formula is C13H14FN3O2. The van der Waals surface area contributed by atoms with E-state index in [9.17, 15) is 9.18 Å². The van der Waals surface area contributed by atoms with Crippen LogP contribution in [0, 0.1) is 5.82 Å². The molecule has 100 valence electrons. The summed E-state index contributed by atoms with van der Waals surface area (Å²) < 4.78 is 15.0. The number of carboxylic acid groups (broad SMARTS) is 1. The molecule has 6 heteroatoms. The lowest BCUT2D eigenvalue weighted by molar-refractivity contribution is 0.0697. The Balaban J connectivity index is 2.31. The predicted molar refractivity (Wildman–Crippen MR) is 68.7 cm³/mol. The lowest BCUT2D eigenvalue weighted by atomic mass is 10.1. The molecule has 1 N–H and O–H groups in total. The van der Waals surface area contributed by atoms with Crippen LogP contribution in [-0.4, -0.2) is 27.7 Å². The van der Waals surface area contributed by atoms with Crippen molar-refractivity contribution in [3.05, 3.63) is 47.8 Å². The summed E-state index contributed by atoms with van der Waals surface area (Å²) in [4.78, 5) is 17.0. The highest BCUT2D eigenvalue weighted by atomic mass is 19.1. The van der Waals surface area contributed by atoms with Crippen LogP contribution in [0.1, 0.15) is 16.2 Å². The van der Waals surface area contributed by atoms with Crippen LogP contribution in [-0.2, 0) is 13.6 Å². The normalized spacial score (nSPS) is 10.5. The lowest BCUT2D eigenvalue weighted by Crippen LogP contribution is -2.21. The number of nitrogens with zero attached hydrogens (tertiary/aromatic N) is 3. The van der Waals surface area contributed by atoms with Gasteiger partial charge in [-0.05, 0) is 18.2 Å². The number of hydrogen-bond acceptors (Lipinski definition) is 3. The van der Waals surface area contributed by atoms with Crippen molar-refractivity contribution in [2.75, 3.05) is 11.9 Å². The van der Waals surface area contributed by atoms with Crippen LogP contribution < -0.4 is 4.90 Å². The minimum Gasteiger partial charge on any atom is -0.478 e. The highest BCUT2D eigenvalue weighted by Crippen LogP contribution is 2.22. The molecule has 0 saturated carbocycles. The molecule has 0 fully saturated rings. The molecule has 0 aliphatic heterocycles. The molecule has 1 heterocycles. The van der Waals surface area contributed by atoms with Crippen LogP contribution in [0.2, 0.25) is 0 Å². The van der Waals surface area contributed by atoms with Gasteiger partial charge in [-0.15, -0.1) is 0 Å². The van der Waals surface area contributed by atoms with Crippen molar-refractivity contribution in [3.8, 4) is 0 Å². The molecule has 0 spiro atoms. The Hall–Kier alpha value is -2.37. The molecular weight excluding hydrogens is 249 g/mol. The largest absolute Gasteiger partial charge is 0.478 e. The quantitative estimate of drug-likeness (QED) is 0.915. The molecule has 0 unspecified atom stereocenters. The van der Waals surface area contributed by atoms with E-state index in [2.05, 4.69) is 4.98 Å². The molecule has 0 aliphatic carbocycles. The topological polar surface area (TPSA) is 58.4 Å². The molecule has 0 saturated heterocycles. The first kappa shape index (κ1) is 13.1. The molecule has 0 radical (unpaired) electrons. The smallest absolute Gasteiger partial charge is 0.337 e. The van der Waals surface area contributed by atoms with Crippen LogP contribution in [0.15, 0.2) is 30.6 Å². The van der Waals surface area contributed by atoms with Crippen molar-refractivity contribution >= 4 is 11.7 Å². The van der Waals surface area contributed by atoms with Crippen LogP contribution in [0.25, 0.3) is 0 Å². The second-order valence-corrected chi connectivity index (χ2v) is 4.28. The molecule has 0 atom stereocenters. The zero-order valence-electron chi connectivity index (χ0n) is 10.7. The molecule has 19 heavy (non-hydrogen) atoms. The van der Waals surface area contributed by atoms with E-state index in [0.29, 0.717) is 12.2 Å². The van der Waals surface area contributed by atoms with Crippen molar-refractivity contribution in [3.63, 3.8) is 0 Å². The summed E-state index contributed by atoms with van der Waals surface area (Å²) in [6, 6.07) is 3.73. The Morgan fingerprint density at radius 1 is 1.53 bits per heavy atom. The number of benzene rings is 1. The van der Waals surface area contributed by atoms with E-state index in [-0.39, 0.29) is 5.56 Å². The van der Waals surface area contributed by atoms with Gasteiger partial charge in [0.15, 0.2) is 0 Å². The van der Waals surface area contributed by atoms with Crippen LogP contribution >= 0.6 is 0 Å². The van der Waals surface area contributed by atoms with Gasteiger partial charge in [0.25, 0.3) is 0 Å². The number of halogens is 1. The van der Waals surface area contributed by atoms with Gasteiger partial charge in [0.2, 0.25) is 0 Å². The number of carbonyl (C=O) groups is 1. The van der Waals surface area contributed by atoms with E-state index in [1.807, 2.05) is 17.8 Å². The van der Waals surface area contributed by atoms with Gasteiger partial charge < -0.3 is 14.6 Å². The highest BCUT2D eigenvalue weighted by molar-refractivity contribution is 5.94. The molecule has 5 nitrogen and oxygen atoms in total. The molecule has 0 amide bonds. The Bertz CT molecular complexity index is 610. The van der Waals surface area contributed by atoms with Crippen molar-refractivity contribution in [1.82, 2.24) is 9.55 Å². The SMILES string of the molecule is CN(Cc1nccn1C)c1ccc(F)cc1C(=O)O. The maximum atomic E-state index is 13.1. The number of aromatic nitrogens is 2. The van der Waals surface area contributed by atoms with E-state index in [0.717, 1.165) is 11.9 Å². The number of anilines is 1. The number of carboxylic acids is 1. The molecule has 2 rings (SSSR count). The van der Waals surface area contributed by atoms with Gasteiger partial charge in [0.1, 0.15) is 11.6 Å². The molecule has 0 aliphatic rings. The number of hydrogen-bond donors (Lipinski definition) is 1. The van der Waals surface area contributed by atoms with Gasteiger partial charge in [0.05, 0.1) is 17.8 Å². The third-order valence-electron chi connectivity index (χ3n) is 2.90. The summed E-state index contributed by atoms with van der Waals surface area (Å²) in [6.07, 6.45) is 3.48. The second-order valence-electron chi connectivity index (χ2n) is 4.28. The average molecular weight is 263 g/mol. The van der Waals surface area contributed by atoms with E-state index < -0.39 is 11.8 Å². The van der Waals surface area contributed by atoms with Gasteiger partial charge in [-0.25, -0.2) is 14.2 Å². The van der Waals surface area contributed by atoms with Crippen molar-refractivity contribution in [2.24, 2.45) is 7.05 Å². The zero-order valence-corrected chi connectivity index (χ0v) is 10.7. The standard InChI is InChI=1S/C13H14FN3O2/c1-16-6-5-15-12(16)8-17(2)11-4-3-9(14)7-10(11)13(18)19/h3-7H,8H2,1-2H3,(H,18,19). The minimum atomic E-state index is -1.15. The summed E-state index contributed by atoms with van der Waals surface area (Å²) in [5, 5.41) is 9.11. The third kappa shape index (κ3) is 2.73. The Morgan fingerprint density at radius 3 is 2.84 bits per heavy atom. The predicted octanol–water partition coefficient (Wildman–Crippen LogP) is 1.89. The summed E-state index contributed by atoms with van der Waals surface area (Å²) in [6.45, 7) is 0.440. The summed E-state index contributed by atoms with van der Waals surface area (Å²) in [5.41, 5.74) is 0.397. The monoisotopic (exact) mass is 263 g/mol. The maximum Gasteiger partial charge on any atom is 0.337 e. The number of rotatable bonds is 4. The van der Waals surface area contributed by atoms with Gasteiger partial charge >= 0.3 is 5.97 Å². The fraction of sp³-hybridized carbons (Fsp3) is 0.231. The molecule has 2 aromatic rings. The van der Waals surface area contributed by atoms with E-state index >= 15 is 0 Å².